The molecule has 3 rings (SSSR count). The van der Waals surface area contributed by atoms with Gasteiger partial charge in [0.15, 0.2) is 11.5 Å². The smallest absolute Gasteiger partial charge is 0.335 e. The minimum absolute atomic E-state index is 0.117. The first-order valence-corrected chi connectivity index (χ1v) is 9.13. The Balaban J connectivity index is 1.75. The van der Waals surface area contributed by atoms with E-state index in [0.29, 0.717) is 11.5 Å². The average molecular weight is 387 g/mol. The molecule has 0 unspecified atom stereocenters. The van der Waals surface area contributed by atoms with Crippen LogP contribution in [0.4, 0.5) is 4.39 Å². The second-order valence-corrected chi connectivity index (χ2v) is 6.66. The summed E-state index contributed by atoms with van der Waals surface area (Å²) in [5, 5.41) is 11.6. The minimum Gasteiger partial charge on any atom is -0.493 e. The van der Waals surface area contributed by atoms with Crippen molar-refractivity contribution in [3.05, 3.63) is 58.9 Å². The van der Waals surface area contributed by atoms with Gasteiger partial charge in [-0.15, -0.1) is 0 Å². The van der Waals surface area contributed by atoms with E-state index < -0.39 is 17.7 Å². The monoisotopic (exact) mass is 387 g/mol. The fourth-order valence-electron chi connectivity index (χ4n) is 3.27. The van der Waals surface area contributed by atoms with Gasteiger partial charge >= 0.3 is 5.97 Å². The van der Waals surface area contributed by atoms with E-state index in [0.717, 1.165) is 43.4 Å². The number of hydrogen-bond donors (Lipinski definition) is 2. The molecule has 0 radical (unpaired) electrons. The standard InChI is InChI=1S/C21H22FNO5/c1-27-18-8-4-5-14(19(18)28-15-6-2-3-7-15)12-23-20(24)16-10-9-13(21(25)26)11-17(16)22/h4-5,8-11,15H,2-3,6-7,12H2,1H3,(H,23,24)(H,25,26). The molecule has 1 amide bonds. The summed E-state index contributed by atoms with van der Waals surface area (Å²) >= 11 is 0. The summed E-state index contributed by atoms with van der Waals surface area (Å²) < 4.78 is 25.6. The number of halogens is 1. The molecule has 1 saturated carbocycles. The lowest BCUT2D eigenvalue weighted by atomic mass is 10.1. The molecule has 0 aliphatic heterocycles. The molecule has 2 aromatic carbocycles. The molecular formula is C21H22FNO5. The Morgan fingerprint density at radius 1 is 1.21 bits per heavy atom. The highest BCUT2D eigenvalue weighted by Crippen LogP contribution is 2.34. The third kappa shape index (κ3) is 4.42. The van der Waals surface area contributed by atoms with Gasteiger partial charge in [-0.05, 0) is 49.9 Å². The van der Waals surface area contributed by atoms with Crippen LogP contribution in [0.1, 0.15) is 52.0 Å². The number of nitrogens with one attached hydrogen (secondary N) is 1. The lowest BCUT2D eigenvalue weighted by molar-refractivity contribution is 0.0695. The quantitative estimate of drug-likeness (QED) is 0.755. The van der Waals surface area contributed by atoms with E-state index in [1.165, 1.54) is 6.07 Å². The van der Waals surface area contributed by atoms with Crippen LogP contribution >= 0.6 is 0 Å². The van der Waals surface area contributed by atoms with Crippen LogP contribution in [0.15, 0.2) is 36.4 Å². The Bertz CT molecular complexity index is 877. The molecule has 0 heterocycles. The van der Waals surface area contributed by atoms with E-state index in [1.807, 2.05) is 6.07 Å². The molecule has 0 saturated heterocycles. The molecule has 2 aromatic rings. The SMILES string of the molecule is COc1cccc(CNC(=O)c2ccc(C(=O)O)cc2F)c1OC1CCCC1. The van der Waals surface area contributed by atoms with Crippen LogP contribution in [-0.4, -0.2) is 30.2 Å². The predicted molar refractivity (Wildman–Crippen MR) is 100 cm³/mol. The molecule has 1 aliphatic rings. The Hall–Kier alpha value is -3.09. The molecule has 1 aliphatic carbocycles. The van der Waals surface area contributed by atoms with Gasteiger partial charge in [0.2, 0.25) is 0 Å². The summed E-state index contributed by atoms with van der Waals surface area (Å²) in [6.07, 6.45) is 4.32. The number of carboxylic acids is 1. The predicted octanol–water partition coefficient (Wildman–Crippen LogP) is 3.78. The number of amides is 1. The molecular weight excluding hydrogens is 365 g/mol. The maximum atomic E-state index is 14.1. The molecule has 0 aromatic heterocycles. The van der Waals surface area contributed by atoms with Crippen LogP contribution in [0.5, 0.6) is 11.5 Å². The molecule has 7 heteroatoms. The van der Waals surface area contributed by atoms with Crippen LogP contribution in [0, 0.1) is 5.82 Å². The fourth-order valence-corrected chi connectivity index (χ4v) is 3.27. The number of rotatable bonds is 7. The van der Waals surface area contributed by atoms with E-state index in [1.54, 1.807) is 19.2 Å². The maximum absolute atomic E-state index is 14.1. The third-order valence-corrected chi connectivity index (χ3v) is 4.77. The summed E-state index contributed by atoms with van der Waals surface area (Å²) in [7, 11) is 1.55. The number of carbonyl (C=O) groups excluding carboxylic acids is 1. The molecule has 0 bridgehead atoms. The largest absolute Gasteiger partial charge is 0.493 e. The van der Waals surface area contributed by atoms with Gasteiger partial charge in [0.05, 0.1) is 24.3 Å². The number of ether oxygens (including phenoxy) is 2. The molecule has 0 spiro atoms. The van der Waals surface area contributed by atoms with Crippen molar-refractivity contribution in [2.75, 3.05) is 7.11 Å². The Morgan fingerprint density at radius 2 is 1.96 bits per heavy atom. The van der Waals surface area contributed by atoms with Crippen LogP contribution in [0.25, 0.3) is 0 Å². The number of hydrogen-bond acceptors (Lipinski definition) is 4. The number of para-hydroxylation sites is 1. The van der Waals surface area contributed by atoms with Gasteiger partial charge in [-0.25, -0.2) is 9.18 Å². The van der Waals surface area contributed by atoms with Crippen molar-refractivity contribution in [1.82, 2.24) is 5.32 Å². The highest BCUT2D eigenvalue weighted by Gasteiger charge is 2.21. The van der Waals surface area contributed by atoms with E-state index in [4.69, 9.17) is 14.6 Å². The summed E-state index contributed by atoms with van der Waals surface area (Å²) in [6, 6.07) is 8.59. The molecule has 1 fully saturated rings. The molecule has 0 atom stereocenters. The zero-order valence-electron chi connectivity index (χ0n) is 15.5. The summed E-state index contributed by atoms with van der Waals surface area (Å²) in [4.78, 5) is 23.3. The Morgan fingerprint density at radius 3 is 2.61 bits per heavy atom. The van der Waals surface area contributed by atoms with E-state index in [9.17, 15) is 14.0 Å². The number of carboxylic acid groups (broad SMARTS) is 1. The van der Waals surface area contributed by atoms with Gasteiger partial charge in [-0.2, -0.15) is 0 Å². The highest BCUT2D eigenvalue weighted by atomic mass is 19.1. The maximum Gasteiger partial charge on any atom is 0.335 e. The second kappa shape index (κ2) is 8.73. The molecule has 2 N–H and O–H groups in total. The normalized spacial score (nSPS) is 13.9. The zero-order valence-corrected chi connectivity index (χ0v) is 15.5. The number of benzene rings is 2. The van der Waals surface area contributed by atoms with Crippen LogP contribution in [0.3, 0.4) is 0 Å². The van der Waals surface area contributed by atoms with Gasteiger partial charge in [0.25, 0.3) is 5.91 Å². The molecule has 6 nitrogen and oxygen atoms in total. The van der Waals surface area contributed by atoms with Crippen LogP contribution in [0.2, 0.25) is 0 Å². The fraction of sp³-hybridized carbons (Fsp3) is 0.333. The van der Waals surface area contributed by atoms with Gasteiger partial charge < -0.3 is 19.9 Å². The number of methoxy groups -OCH3 is 1. The van der Waals surface area contributed by atoms with E-state index >= 15 is 0 Å². The van der Waals surface area contributed by atoms with Gasteiger partial charge in [-0.3, -0.25) is 4.79 Å². The van der Waals surface area contributed by atoms with Gasteiger partial charge in [0.1, 0.15) is 5.82 Å². The van der Waals surface area contributed by atoms with Crippen molar-refractivity contribution >= 4 is 11.9 Å². The van der Waals surface area contributed by atoms with Crippen LogP contribution in [-0.2, 0) is 6.54 Å². The lowest BCUT2D eigenvalue weighted by Gasteiger charge is -2.19. The van der Waals surface area contributed by atoms with Gasteiger partial charge in [0, 0.05) is 12.1 Å². The van der Waals surface area contributed by atoms with Crippen molar-refractivity contribution in [3.8, 4) is 11.5 Å². The lowest BCUT2D eigenvalue weighted by Crippen LogP contribution is -2.25. The topological polar surface area (TPSA) is 84.9 Å². The molecule has 28 heavy (non-hydrogen) atoms. The van der Waals surface area contributed by atoms with Crippen molar-refractivity contribution in [2.24, 2.45) is 0 Å². The van der Waals surface area contributed by atoms with E-state index in [2.05, 4.69) is 5.32 Å². The Kier molecular flexibility index (Phi) is 6.13. The minimum atomic E-state index is -1.25. The van der Waals surface area contributed by atoms with Crippen LogP contribution < -0.4 is 14.8 Å². The average Bonchev–Trinajstić information content (AvgIpc) is 3.19. The number of carbonyl (C=O) groups is 2. The first kappa shape index (κ1) is 19.7. The summed E-state index contributed by atoms with van der Waals surface area (Å²) in [5.41, 5.74) is 0.294. The second-order valence-electron chi connectivity index (χ2n) is 6.66. The van der Waals surface area contributed by atoms with Crippen molar-refractivity contribution in [3.63, 3.8) is 0 Å². The third-order valence-electron chi connectivity index (χ3n) is 4.77. The summed E-state index contributed by atoms with van der Waals surface area (Å²) in [5.74, 6) is -1.61. The zero-order chi connectivity index (χ0) is 20.1. The van der Waals surface area contributed by atoms with Crippen molar-refractivity contribution < 1.29 is 28.6 Å². The highest BCUT2D eigenvalue weighted by molar-refractivity contribution is 5.96. The van der Waals surface area contributed by atoms with Crippen molar-refractivity contribution in [2.45, 2.75) is 38.3 Å². The molecule has 148 valence electrons. The number of aromatic carboxylic acids is 1. The first-order valence-electron chi connectivity index (χ1n) is 9.13. The van der Waals surface area contributed by atoms with Crippen molar-refractivity contribution in [1.29, 1.82) is 0 Å². The first-order chi connectivity index (χ1) is 13.5. The van der Waals surface area contributed by atoms with E-state index in [-0.39, 0.29) is 23.8 Å². The van der Waals surface area contributed by atoms with Gasteiger partial charge in [-0.1, -0.05) is 12.1 Å². The summed E-state index contributed by atoms with van der Waals surface area (Å²) in [6.45, 7) is 0.123. The Labute approximate surface area is 162 Å².